The third-order valence-electron chi connectivity index (χ3n) is 6.76. The number of rotatable bonds is 5. The molecule has 5 rings (SSSR count). The monoisotopic (exact) mass is 522 g/mol. The van der Waals surface area contributed by atoms with Crippen LogP contribution in [0.5, 0.6) is 5.75 Å². The van der Waals surface area contributed by atoms with Gasteiger partial charge in [-0.3, -0.25) is 0 Å². The van der Waals surface area contributed by atoms with Gasteiger partial charge in [-0.25, -0.2) is 19.5 Å². The quantitative estimate of drug-likeness (QED) is 0.513. The normalized spacial score (nSPS) is 17.4. The van der Waals surface area contributed by atoms with Crippen molar-refractivity contribution in [2.24, 2.45) is 0 Å². The number of aromatic nitrogens is 3. The van der Waals surface area contributed by atoms with E-state index >= 15 is 0 Å². The highest BCUT2D eigenvalue weighted by Crippen LogP contribution is 2.40. The molecule has 4 heterocycles. The van der Waals surface area contributed by atoms with Crippen molar-refractivity contribution in [2.75, 3.05) is 36.0 Å². The average molecular weight is 523 g/mol. The molecule has 2 aromatic heterocycles. The number of anilines is 3. The van der Waals surface area contributed by atoms with Crippen molar-refractivity contribution in [1.29, 1.82) is 0 Å². The number of carbonyl (C=O) groups is 2. The first-order valence-electron chi connectivity index (χ1n) is 13.0. The largest absolute Gasteiger partial charge is 0.494 e. The zero-order chi connectivity index (χ0) is 27.0. The molecule has 0 saturated carbocycles. The molecule has 0 unspecified atom stereocenters. The summed E-state index contributed by atoms with van der Waals surface area (Å²) in [5.74, 6) is 2.03. The summed E-state index contributed by atoms with van der Waals surface area (Å²) in [5.41, 5.74) is 1.36. The fourth-order valence-corrected chi connectivity index (χ4v) is 5.20. The lowest BCUT2D eigenvalue weighted by Crippen LogP contribution is -2.49. The first-order valence-corrected chi connectivity index (χ1v) is 13.0. The minimum Gasteiger partial charge on any atom is -0.494 e. The van der Waals surface area contributed by atoms with E-state index in [0.717, 1.165) is 24.2 Å². The molecular weight excluding hydrogens is 488 g/mol. The molecule has 11 nitrogen and oxygen atoms in total. The van der Waals surface area contributed by atoms with Crippen molar-refractivity contribution in [1.82, 2.24) is 19.5 Å². The Morgan fingerprint density at radius 3 is 2.61 bits per heavy atom. The van der Waals surface area contributed by atoms with Gasteiger partial charge in [0.05, 0.1) is 18.5 Å². The Morgan fingerprint density at radius 2 is 1.92 bits per heavy atom. The van der Waals surface area contributed by atoms with E-state index in [2.05, 4.69) is 10.00 Å². The average Bonchev–Trinajstić information content (AvgIpc) is 3.51. The topological polar surface area (TPSA) is 113 Å². The highest BCUT2D eigenvalue weighted by atomic mass is 16.6. The van der Waals surface area contributed by atoms with Crippen LogP contribution in [0.25, 0.3) is 5.65 Å². The Hall–Kier alpha value is -4.02. The van der Waals surface area contributed by atoms with E-state index in [9.17, 15) is 14.7 Å². The molecule has 0 bridgehead atoms. The Morgan fingerprint density at radius 1 is 1.16 bits per heavy atom. The van der Waals surface area contributed by atoms with Gasteiger partial charge in [0.25, 0.3) is 0 Å². The van der Waals surface area contributed by atoms with Gasteiger partial charge in [-0.15, -0.1) is 0 Å². The van der Waals surface area contributed by atoms with Crippen molar-refractivity contribution in [3.8, 4) is 5.75 Å². The summed E-state index contributed by atoms with van der Waals surface area (Å²) in [6.07, 6.45) is 2.53. The summed E-state index contributed by atoms with van der Waals surface area (Å²) < 4.78 is 13.1. The number of benzene rings is 1. The molecule has 11 heteroatoms. The molecule has 0 radical (unpaired) electrons. The summed E-state index contributed by atoms with van der Waals surface area (Å²) in [6, 6.07) is 9.12. The van der Waals surface area contributed by atoms with Gasteiger partial charge in [0, 0.05) is 37.3 Å². The van der Waals surface area contributed by atoms with Crippen LogP contribution in [0.3, 0.4) is 0 Å². The number of likely N-dealkylation sites (tertiary alicyclic amines) is 1. The third-order valence-corrected chi connectivity index (χ3v) is 6.76. The standard InChI is InChI=1S/C27H34N6O5/c1-5-37-20-10-8-18(9-11-20)32(26(36)38-27(2,3)4)24-21-13-16-31(19-7-6-15-30(17-19)25(34)35)23(21)29-22-12-14-28-33(22)24/h8-12,14,19H,5-7,13,15-17H2,1-4H3,(H,34,35)/t19-/m0/s1. The summed E-state index contributed by atoms with van der Waals surface area (Å²) in [7, 11) is 0. The van der Waals surface area contributed by atoms with Gasteiger partial charge in [0.1, 0.15) is 17.2 Å². The van der Waals surface area contributed by atoms with E-state index in [4.69, 9.17) is 14.5 Å². The molecule has 0 spiro atoms. The van der Waals surface area contributed by atoms with Crippen molar-refractivity contribution in [3.63, 3.8) is 0 Å². The molecule has 1 aromatic carbocycles. The summed E-state index contributed by atoms with van der Waals surface area (Å²) >= 11 is 0. The molecule has 1 N–H and O–H groups in total. The number of nitrogens with zero attached hydrogens (tertiary/aromatic N) is 6. The van der Waals surface area contributed by atoms with Gasteiger partial charge in [-0.05, 0) is 71.2 Å². The Bertz CT molecular complexity index is 1330. The van der Waals surface area contributed by atoms with Crippen molar-refractivity contribution >= 4 is 35.2 Å². The molecular formula is C27H34N6O5. The molecule has 1 saturated heterocycles. The van der Waals surface area contributed by atoms with Gasteiger partial charge < -0.3 is 24.4 Å². The second kappa shape index (κ2) is 10.0. The van der Waals surface area contributed by atoms with Crippen molar-refractivity contribution in [3.05, 3.63) is 42.1 Å². The van der Waals surface area contributed by atoms with Crippen LogP contribution >= 0.6 is 0 Å². The fraction of sp³-hybridized carbons (Fsp3) is 0.481. The molecule has 1 atom stereocenters. The second-order valence-electron chi connectivity index (χ2n) is 10.5. The summed E-state index contributed by atoms with van der Waals surface area (Å²) in [6.45, 7) is 9.59. The summed E-state index contributed by atoms with van der Waals surface area (Å²) in [4.78, 5) is 35.6. The van der Waals surface area contributed by atoms with Crippen LogP contribution in [0, 0.1) is 0 Å². The number of piperidine rings is 1. The SMILES string of the molecule is CCOc1ccc(N(C(=O)OC(C)(C)C)c2c3c(nc4ccnn24)N([C@H]2CCCN(C(=O)O)C2)CC3)cc1. The van der Waals surface area contributed by atoms with Crippen LogP contribution in [0.4, 0.5) is 26.9 Å². The zero-order valence-corrected chi connectivity index (χ0v) is 22.3. The number of hydrogen-bond acceptors (Lipinski definition) is 7. The first kappa shape index (κ1) is 25.6. The van der Waals surface area contributed by atoms with Crippen molar-refractivity contribution < 1.29 is 24.2 Å². The van der Waals surface area contributed by atoms with Crippen molar-refractivity contribution in [2.45, 2.75) is 58.6 Å². The third kappa shape index (κ3) is 4.92. The van der Waals surface area contributed by atoms with Crippen LogP contribution in [-0.2, 0) is 11.2 Å². The number of ether oxygens (including phenoxy) is 2. The van der Waals surface area contributed by atoms with Crippen LogP contribution in [-0.4, -0.2) is 74.7 Å². The van der Waals surface area contributed by atoms with Crippen LogP contribution in [0.15, 0.2) is 36.5 Å². The number of carbonyl (C=O) groups excluding carboxylic acids is 1. The molecule has 2 aliphatic rings. The predicted octanol–water partition coefficient (Wildman–Crippen LogP) is 4.71. The highest BCUT2D eigenvalue weighted by molar-refractivity contribution is 5.97. The highest BCUT2D eigenvalue weighted by Gasteiger charge is 2.38. The van der Waals surface area contributed by atoms with E-state index in [1.165, 1.54) is 4.90 Å². The second-order valence-corrected chi connectivity index (χ2v) is 10.5. The molecule has 3 aromatic rings. The van der Waals surface area contributed by atoms with Gasteiger partial charge in [0.2, 0.25) is 0 Å². The zero-order valence-electron chi connectivity index (χ0n) is 22.3. The number of fused-ring (bicyclic) bond motifs is 2. The maximum absolute atomic E-state index is 13.8. The van der Waals surface area contributed by atoms with E-state index in [1.54, 1.807) is 21.7 Å². The van der Waals surface area contributed by atoms with Crippen LogP contribution < -0.4 is 14.5 Å². The maximum atomic E-state index is 13.8. The lowest BCUT2D eigenvalue weighted by molar-refractivity contribution is 0.0597. The smallest absolute Gasteiger partial charge is 0.420 e. The molecule has 2 aliphatic heterocycles. The molecule has 38 heavy (non-hydrogen) atoms. The molecule has 2 amide bonds. The Kier molecular flexibility index (Phi) is 6.77. The molecule has 0 aliphatic carbocycles. The predicted molar refractivity (Wildman–Crippen MR) is 143 cm³/mol. The lowest BCUT2D eigenvalue weighted by Gasteiger charge is -2.37. The minimum absolute atomic E-state index is 0.00674. The summed E-state index contributed by atoms with van der Waals surface area (Å²) in [5, 5.41) is 14.1. The van der Waals surface area contributed by atoms with Gasteiger partial charge in [-0.1, -0.05) is 0 Å². The number of hydrogen-bond donors (Lipinski definition) is 1. The fourth-order valence-electron chi connectivity index (χ4n) is 5.20. The number of carboxylic acid groups (broad SMARTS) is 1. The van der Waals surface area contributed by atoms with Crippen LogP contribution in [0.2, 0.25) is 0 Å². The maximum Gasteiger partial charge on any atom is 0.420 e. The lowest BCUT2D eigenvalue weighted by atomic mass is 10.0. The molecule has 1 fully saturated rings. The molecule has 202 valence electrons. The van der Waals surface area contributed by atoms with Gasteiger partial charge >= 0.3 is 12.2 Å². The van der Waals surface area contributed by atoms with Gasteiger partial charge in [0.15, 0.2) is 11.5 Å². The van der Waals surface area contributed by atoms with E-state index in [0.29, 0.717) is 55.6 Å². The Balaban J connectivity index is 1.62. The van der Waals surface area contributed by atoms with Gasteiger partial charge in [-0.2, -0.15) is 9.61 Å². The Labute approximate surface area is 221 Å². The van der Waals surface area contributed by atoms with E-state index < -0.39 is 17.8 Å². The van der Waals surface area contributed by atoms with E-state index in [1.807, 2.05) is 52.0 Å². The van der Waals surface area contributed by atoms with E-state index in [-0.39, 0.29) is 6.04 Å². The number of amides is 2. The minimum atomic E-state index is -0.902. The van der Waals surface area contributed by atoms with Crippen LogP contribution in [0.1, 0.15) is 46.1 Å². The first-order chi connectivity index (χ1) is 18.2.